The minimum Gasteiger partial charge on any atom is -0.497 e. The quantitative estimate of drug-likeness (QED) is 0.258. The van der Waals surface area contributed by atoms with Gasteiger partial charge in [-0.15, -0.1) is 0 Å². The van der Waals surface area contributed by atoms with Gasteiger partial charge in [0.15, 0.2) is 0 Å². The van der Waals surface area contributed by atoms with Crippen molar-refractivity contribution in [2.24, 2.45) is 17.8 Å². The number of carboxylic acids is 1. The highest BCUT2D eigenvalue weighted by Crippen LogP contribution is 2.48. The standard InChI is InChI=1S/C41H55N5O11S/c1-8-24-17-23(2)11-9-10-12-25-20-41(25,37(51)45-58(53,54)40(6)15-16-40)44-33(47)31-19-27(22-46(31)35(48)32(24)43-38(52)57-39(3,4)5)56-34-28-14-13-26(55-7)18-29(28)30(21-42-34)36(49)50/h10,12-14,18,21,23-25,27,31-32H,8-9,11,15-17,19-20,22H2,1-7H3,(H,43,52)(H,44,47)(H,45,51)(H,49,50). The van der Waals surface area contributed by atoms with E-state index in [4.69, 9.17) is 14.2 Å². The Hall–Kier alpha value is -4.93. The zero-order chi connectivity index (χ0) is 42.4. The predicted octanol–water partition coefficient (Wildman–Crippen LogP) is 4.46. The average Bonchev–Trinajstić information content (AvgIpc) is 4.03. The second-order valence-corrected chi connectivity index (χ2v) is 19.7. The third-order valence-corrected chi connectivity index (χ3v) is 14.0. The Morgan fingerprint density at radius 3 is 2.48 bits per heavy atom. The number of rotatable bonds is 9. The molecule has 2 aliphatic heterocycles. The number of ether oxygens (including phenoxy) is 3. The molecule has 1 saturated heterocycles. The molecule has 3 heterocycles. The van der Waals surface area contributed by atoms with Gasteiger partial charge in [0.25, 0.3) is 5.91 Å². The number of amides is 4. The van der Waals surface area contributed by atoms with E-state index in [1.54, 1.807) is 45.9 Å². The first kappa shape index (κ1) is 42.7. The highest BCUT2D eigenvalue weighted by atomic mass is 32.2. The minimum absolute atomic E-state index is 0.0639. The van der Waals surface area contributed by atoms with Crippen molar-refractivity contribution in [2.45, 2.75) is 127 Å². The lowest BCUT2D eigenvalue weighted by atomic mass is 9.85. The molecule has 17 heteroatoms. The van der Waals surface area contributed by atoms with Gasteiger partial charge in [-0.05, 0) is 96.3 Å². The number of carbonyl (C=O) groups is 5. The lowest BCUT2D eigenvalue weighted by Gasteiger charge is -2.34. The first-order valence-electron chi connectivity index (χ1n) is 19.9. The van der Waals surface area contributed by atoms with E-state index in [0.29, 0.717) is 48.6 Å². The fourth-order valence-electron chi connectivity index (χ4n) is 7.99. The van der Waals surface area contributed by atoms with Gasteiger partial charge in [0, 0.05) is 29.3 Å². The van der Waals surface area contributed by atoms with Crippen molar-refractivity contribution < 1.29 is 51.7 Å². The molecule has 2 saturated carbocycles. The molecule has 1 aromatic heterocycles. The summed E-state index contributed by atoms with van der Waals surface area (Å²) in [5, 5.41) is 16.2. The molecule has 4 N–H and O–H groups in total. The lowest BCUT2D eigenvalue weighted by Crippen LogP contribution is -2.59. The minimum atomic E-state index is -4.04. The summed E-state index contributed by atoms with van der Waals surface area (Å²) in [5.74, 6) is -3.56. The van der Waals surface area contributed by atoms with Crippen molar-refractivity contribution in [1.82, 2.24) is 25.2 Å². The molecule has 7 atom stereocenters. The Labute approximate surface area is 338 Å². The van der Waals surface area contributed by atoms with Crippen LogP contribution in [0.15, 0.2) is 36.5 Å². The zero-order valence-electron chi connectivity index (χ0n) is 34.1. The molecule has 6 rings (SSSR count). The molecule has 0 bridgehead atoms. The van der Waals surface area contributed by atoms with Crippen LogP contribution in [0.3, 0.4) is 0 Å². The Kier molecular flexibility index (Phi) is 11.8. The third kappa shape index (κ3) is 8.88. The Morgan fingerprint density at radius 2 is 1.84 bits per heavy atom. The molecule has 2 aromatic rings. The highest BCUT2D eigenvalue weighted by Gasteiger charge is 2.63. The zero-order valence-corrected chi connectivity index (χ0v) is 34.9. The monoisotopic (exact) mass is 825 g/mol. The fourth-order valence-corrected chi connectivity index (χ4v) is 9.31. The summed E-state index contributed by atoms with van der Waals surface area (Å²) in [4.78, 5) is 74.6. The van der Waals surface area contributed by atoms with E-state index in [-0.39, 0.29) is 42.7 Å². The molecular formula is C41H55N5O11S. The van der Waals surface area contributed by atoms with Gasteiger partial charge in [0.1, 0.15) is 35.1 Å². The SMILES string of the molecule is CCC1CC(C)CCC=CC2CC2(C(=O)NS(=O)(=O)C2(C)CC2)NC(=O)C2CC(Oc3ncc(C(=O)O)c4cc(OC)ccc34)CN2C(=O)C1NC(=O)OC(C)(C)C. The third-order valence-electron chi connectivity index (χ3n) is 11.8. The normalized spacial score (nSPS) is 28.5. The van der Waals surface area contributed by atoms with Gasteiger partial charge >= 0.3 is 12.1 Å². The number of benzene rings is 1. The topological polar surface area (TPSA) is 220 Å². The molecule has 3 fully saturated rings. The van der Waals surface area contributed by atoms with Gasteiger partial charge in [-0.1, -0.05) is 32.4 Å². The first-order valence-corrected chi connectivity index (χ1v) is 21.4. The molecule has 7 unspecified atom stereocenters. The van der Waals surface area contributed by atoms with Crippen molar-refractivity contribution in [3.8, 4) is 11.6 Å². The molecular weight excluding hydrogens is 771 g/mol. The number of hydrogen-bond acceptors (Lipinski definition) is 11. The van der Waals surface area contributed by atoms with Crippen LogP contribution in [0.25, 0.3) is 10.8 Å². The van der Waals surface area contributed by atoms with Crippen molar-refractivity contribution in [3.63, 3.8) is 0 Å². The number of alkyl carbamates (subject to hydrolysis) is 1. The van der Waals surface area contributed by atoms with E-state index in [1.807, 2.05) is 19.1 Å². The Morgan fingerprint density at radius 1 is 1.12 bits per heavy atom. The number of methoxy groups -OCH3 is 1. The van der Waals surface area contributed by atoms with Crippen molar-refractivity contribution in [2.75, 3.05) is 13.7 Å². The molecule has 4 amide bonds. The van der Waals surface area contributed by atoms with Crippen LogP contribution in [0.5, 0.6) is 11.6 Å². The number of aromatic nitrogens is 1. The maximum Gasteiger partial charge on any atom is 0.408 e. The van der Waals surface area contributed by atoms with Gasteiger partial charge in [0.2, 0.25) is 27.7 Å². The maximum atomic E-state index is 15.0. The van der Waals surface area contributed by atoms with Gasteiger partial charge in [0.05, 0.1) is 24.0 Å². The summed E-state index contributed by atoms with van der Waals surface area (Å²) in [5.41, 5.74) is -2.53. The van der Waals surface area contributed by atoms with Gasteiger partial charge in [-0.3, -0.25) is 19.1 Å². The van der Waals surface area contributed by atoms with Crippen molar-refractivity contribution >= 4 is 50.6 Å². The van der Waals surface area contributed by atoms with Crippen LogP contribution in [-0.2, 0) is 29.1 Å². The summed E-state index contributed by atoms with van der Waals surface area (Å²) in [6.07, 6.45) is 6.67. The number of carboxylic acid groups (broad SMARTS) is 1. The van der Waals surface area contributed by atoms with Crippen LogP contribution in [-0.4, -0.2) is 101 Å². The molecule has 0 spiro atoms. The van der Waals surface area contributed by atoms with Crippen LogP contribution in [0.1, 0.15) is 103 Å². The average molecular weight is 826 g/mol. The molecule has 16 nitrogen and oxygen atoms in total. The number of pyridine rings is 1. The first-order chi connectivity index (χ1) is 27.2. The van der Waals surface area contributed by atoms with Gasteiger partial charge < -0.3 is 34.9 Å². The fraction of sp³-hybridized carbons (Fsp3) is 0.610. The summed E-state index contributed by atoms with van der Waals surface area (Å²) in [7, 11) is -2.59. The number of nitrogens with one attached hydrogen (secondary N) is 3. The summed E-state index contributed by atoms with van der Waals surface area (Å²) < 4.78 is 44.9. The Balaban J connectivity index is 1.38. The molecule has 0 radical (unpaired) electrons. The lowest BCUT2D eigenvalue weighted by molar-refractivity contribution is -0.142. The van der Waals surface area contributed by atoms with E-state index in [1.165, 1.54) is 18.2 Å². The number of allylic oxidation sites excluding steroid dienone is 1. The second-order valence-electron chi connectivity index (χ2n) is 17.5. The van der Waals surface area contributed by atoms with E-state index >= 15 is 0 Å². The van der Waals surface area contributed by atoms with E-state index in [2.05, 4.69) is 27.3 Å². The molecule has 316 valence electrons. The molecule has 1 aromatic carbocycles. The summed E-state index contributed by atoms with van der Waals surface area (Å²) in [6.45, 7) is 10.6. The predicted molar refractivity (Wildman–Crippen MR) is 213 cm³/mol. The van der Waals surface area contributed by atoms with Crippen molar-refractivity contribution in [3.05, 3.63) is 42.1 Å². The molecule has 58 heavy (non-hydrogen) atoms. The van der Waals surface area contributed by atoms with Crippen LogP contribution >= 0.6 is 0 Å². The molecule has 4 aliphatic rings. The van der Waals surface area contributed by atoms with Crippen LogP contribution in [0, 0.1) is 17.8 Å². The van der Waals surface area contributed by atoms with Crippen LogP contribution in [0.4, 0.5) is 4.79 Å². The second kappa shape index (κ2) is 16.0. The van der Waals surface area contributed by atoms with Gasteiger partial charge in [-0.25, -0.2) is 23.0 Å². The number of hydrogen-bond donors (Lipinski definition) is 4. The number of carbonyl (C=O) groups excluding carboxylic acids is 4. The highest BCUT2D eigenvalue weighted by molar-refractivity contribution is 7.91. The molecule has 2 aliphatic carbocycles. The van der Waals surface area contributed by atoms with Crippen molar-refractivity contribution in [1.29, 1.82) is 0 Å². The largest absolute Gasteiger partial charge is 0.497 e. The Bertz CT molecular complexity index is 2110. The van der Waals surface area contributed by atoms with Gasteiger partial charge in [-0.2, -0.15) is 0 Å². The van der Waals surface area contributed by atoms with Crippen LogP contribution < -0.4 is 24.8 Å². The number of aromatic carboxylic acids is 1. The summed E-state index contributed by atoms with van der Waals surface area (Å²) >= 11 is 0. The van der Waals surface area contributed by atoms with E-state index in [9.17, 15) is 37.5 Å². The number of sulfonamides is 1. The van der Waals surface area contributed by atoms with E-state index < -0.39 is 79.8 Å². The number of nitrogens with zero attached hydrogens (tertiary/aromatic N) is 2. The van der Waals surface area contributed by atoms with E-state index in [0.717, 1.165) is 6.42 Å². The summed E-state index contributed by atoms with van der Waals surface area (Å²) in [6, 6.07) is 2.47. The maximum absolute atomic E-state index is 15.0. The smallest absolute Gasteiger partial charge is 0.408 e. The number of fused-ring (bicyclic) bond motifs is 3. The van der Waals surface area contributed by atoms with Crippen LogP contribution in [0.2, 0.25) is 0 Å².